The molecule has 0 aliphatic carbocycles. The van der Waals surface area contributed by atoms with Crippen molar-refractivity contribution in [1.82, 2.24) is 0 Å². The molecule has 0 atom stereocenters. The summed E-state index contributed by atoms with van der Waals surface area (Å²) in [6, 6.07) is 0. The minimum Gasteiger partial charge on any atom is -0.269 e. The van der Waals surface area contributed by atoms with E-state index in [0.717, 1.165) is 0 Å². The molecular formula is C5H9Cl4F. The second-order valence-corrected chi connectivity index (χ2v) is 3.10. The van der Waals surface area contributed by atoms with Gasteiger partial charge in [-0.25, -0.2) is 0 Å². The van der Waals surface area contributed by atoms with Crippen LogP contribution in [0.3, 0.4) is 0 Å². The lowest BCUT2D eigenvalue weighted by Crippen LogP contribution is -2.29. The van der Waals surface area contributed by atoms with Crippen LogP contribution in [0.15, 0.2) is 0 Å². The van der Waals surface area contributed by atoms with E-state index in [1.165, 1.54) is 0 Å². The van der Waals surface area contributed by atoms with Gasteiger partial charge in [-0.2, -0.15) is 0 Å². The second-order valence-electron chi connectivity index (χ2n) is 2.03. The van der Waals surface area contributed by atoms with Gasteiger partial charge < -0.3 is 0 Å². The molecular weight excluding hydrogens is 221 g/mol. The molecule has 0 bridgehead atoms. The second kappa shape index (κ2) is 6.78. The highest BCUT2D eigenvalue weighted by molar-refractivity contribution is 6.26. The van der Waals surface area contributed by atoms with Crippen LogP contribution in [0.1, 0.15) is 0 Å². The molecule has 0 aliphatic heterocycles. The summed E-state index contributed by atoms with van der Waals surface area (Å²) in [6.07, 6.45) is 0. The Bertz CT molecular complexity index is 56.5. The number of hydrogen-bond acceptors (Lipinski definition) is 0. The third kappa shape index (κ3) is 3.47. The normalized spacial score (nSPS) is 10.8. The quantitative estimate of drug-likeness (QED) is 0.651. The SMILES string of the molecule is ClCC(CCl)(CCl)CCl.F. The first kappa shape index (κ1) is 13.7. The van der Waals surface area contributed by atoms with Gasteiger partial charge in [0, 0.05) is 28.9 Å². The lowest BCUT2D eigenvalue weighted by molar-refractivity contribution is 0.500. The standard InChI is InChI=1S/C5H8Cl4.FH/c6-1-5(2-7,3-8)4-9;/h1-4H2;1H. The zero-order valence-corrected chi connectivity index (χ0v) is 8.27. The Labute approximate surface area is 80.1 Å². The van der Waals surface area contributed by atoms with E-state index >= 15 is 0 Å². The van der Waals surface area contributed by atoms with Crippen LogP contribution in [0.2, 0.25) is 0 Å². The molecule has 0 saturated heterocycles. The maximum Gasteiger partial charge on any atom is 0.0314 e. The molecule has 0 aromatic heterocycles. The van der Waals surface area contributed by atoms with Gasteiger partial charge in [-0.1, -0.05) is 0 Å². The largest absolute Gasteiger partial charge is 0.269 e. The van der Waals surface area contributed by atoms with Crippen LogP contribution in [0.5, 0.6) is 0 Å². The van der Waals surface area contributed by atoms with E-state index in [1.54, 1.807) is 0 Å². The summed E-state index contributed by atoms with van der Waals surface area (Å²) in [5.74, 6) is 1.68. The van der Waals surface area contributed by atoms with E-state index in [-0.39, 0.29) is 10.1 Å². The predicted octanol–water partition coefficient (Wildman–Crippen LogP) is 3.08. The van der Waals surface area contributed by atoms with Crippen LogP contribution >= 0.6 is 46.4 Å². The van der Waals surface area contributed by atoms with Gasteiger partial charge in [-0.3, -0.25) is 4.70 Å². The molecule has 0 spiro atoms. The number of halogens is 5. The van der Waals surface area contributed by atoms with Gasteiger partial charge in [0.15, 0.2) is 0 Å². The van der Waals surface area contributed by atoms with Crippen LogP contribution in [-0.4, -0.2) is 23.5 Å². The van der Waals surface area contributed by atoms with Crippen molar-refractivity contribution in [3.05, 3.63) is 0 Å². The van der Waals surface area contributed by atoms with Gasteiger partial charge in [0.2, 0.25) is 0 Å². The van der Waals surface area contributed by atoms with Crippen molar-refractivity contribution < 1.29 is 4.70 Å². The summed E-state index contributed by atoms with van der Waals surface area (Å²) in [4.78, 5) is 0. The summed E-state index contributed by atoms with van der Waals surface area (Å²) in [5, 5.41) is 0. The summed E-state index contributed by atoms with van der Waals surface area (Å²) >= 11 is 22.3. The molecule has 0 aliphatic rings. The fraction of sp³-hybridized carbons (Fsp3) is 1.00. The predicted molar refractivity (Wildman–Crippen MR) is 47.8 cm³/mol. The summed E-state index contributed by atoms with van der Waals surface area (Å²) in [5.41, 5.74) is -0.272. The fourth-order valence-electron chi connectivity index (χ4n) is 0.214. The van der Waals surface area contributed by atoms with E-state index in [9.17, 15) is 0 Å². The van der Waals surface area contributed by atoms with Gasteiger partial charge in [-0.15, -0.1) is 46.4 Å². The van der Waals surface area contributed by atoms with Gasteiger partial charge in [0.25, 0.3) is 0 Å². The summed E-state index contributed by atoms with van der Waals surface area (Å²) in [7, 11) is 0. The molecule has 10 heavy (non-hydrogen) atoms. The Morgan fingerprint density at radius 1 is 0.700 bits per heavy atom. The van der Waals surface area contributed by atoms with E-state index < -0.39 is 0 Å². The van der Waals surface area contributed by atoms with Crippen molar-refractivity contribution >= 4 is 46.4 Å². The third-order valence-corrected chi connectivity index (χ3v) is 3.40. The molecule has 0 nitrogen and oxygen atoms in total. The van der Waals surface area contributed by atoms with Crippen LogP contribution in [0.25, 0.3) is 0 Å². The van der Waals surface area contributed by atoms with E-state index in [4.69, 9.17) is 46.4 Å². The molecule has 0 radical (unpaired) electrons. The first-order chi connectivity index (χ1) is 4.24. The fourth-order valence-corrected chi connectivity index (χ4v) is 1.93. The molecule has 0 rings (SSSR count). The minimum absolute atomic E-state index is 0. The highest BCUT2D eigenvalue weighted by Crippen LogP contribution is 2.24. The van der Waals surface area contributed by atoms with E-state index in [2.05, 4.69) is 0 Å². The zero-order valence-electron chi connectivity index (χ0n) is 5.25. The van der Waals surface area contributed by atoms with Gasteiger partial charge in [0.1, 0.15) is 0 Å². The molecule has 64 valence electrons. The molecule has 0 heterocycles. The Morgan fingerprint density at radius 3 is 0.900 bits per heavy atom. The van der Waals surface area contributed by atoms with Gasteiger partial charge >= 0.3 is 0 Å². The van der Waals surface area contributed by atoms with Crippen LogP contribution < -0.4 is 0 Å². The average Bonchev–Trinajstić information content (AvgIpc) is 1.95. The number of alkyl halides is 4. The highest BCUT2D eigenvalue weighted by atomic mass is 35.5. The zero-order chi connectivity index (χ0) is 7.33. The Kier molecular flexibility index (Phi) is 9.26. The maximum atomic E-state index is 5.57. The summed E-state index contributed by atoms with van der Waals surface area (Å²) in [6.45, 7) is 0. The molecule has 0 amide bonds. The van der Waals surface area contributed by atoms with Crippen LogP contribution in [-0.2, 0) is 0 Å². The van der Waals surface area contributed by atoms with Crippen LogP contribution in [0, 0.1) is 5.41 Å². The lowest BCUT2D eigenvalue weighted by Gasteiger charge is -2.22. The van der Waals surface area contributed by atoms with E-state index in [0.29, 0.717) is 23.5 Å². The summed E-state index contributed by atoms with van der Waals surface area (Å²) < 4.78 is 0. The molecule has 0 saturated carbocycles. The topological polar surface area (TPSA) is 0 Å². The van der Waals surface area contributed by atoms with Gasteiger partial charge in [-0.05, 0) is 0 Å². The van der Waals surface area contributed by atoms with Crippen LogP contribution in [0.4, 0.5) is 4.70 Å². The van der Waals surface area contributed by atoms with E-state index in [1.807, 2.05) is 0 Å². The first-order valence-electron chi connectivity index (χ1n) is 2.48. The van der Waals surface area contributed by atoms with Crippen molar-refractivity contribution in [1.29, 1.82) is 0 Å². The molecule has 0 aromatic rings. The van der Waals surface area contributed by atoms with Crippen molar-refractivity contribution in [3.63, 3.8) is 0 Å². The number of rotatable bonds is 4. The Morgan fingerprint density at radius 2 is 0.900 bits per heavy atom. The Balaban J connectivity index is 0. The van der Waals surface area contributed by atoms with Gasteiger partial charge in [0.05, 0.1) is 0 Å². The smallest absolute Gasteiger partial charge is 0.0314 e. The van der Waals surface area contributed by atoms with Crippen molar-refractivity contribution in [2.75, 3.05) is 23.5 Å². The minimum atomic E-state index is -0.272. The van der Waals surface area contributed by atoms with Crippen molar-refractivity contribution in [2.24, 2.45) is 5.41 Å². The molecule has 0 N–H and O–H groups in total. The molecule has 0 aromatic carbocycles. The number of hydrogen-bond donors (Lipinski definition) is 0. The third-order valence-electron chi connectivity index (χ3n) is 1.13. The highest BCUT2D eigenvalue weighted by Gasteiger charge is 2.25. The Hall–Kier alpha value is 1.09. The maximum absolute atomic E-state index is 5.57. The molecule has 0 fully saturated rings. The molecule has 0 unspecified atom stereocenters. The molecule has 5 heteroatoms. The first-order valence-corrected chi connectivity index (χ1v) is 4.62. The van der Waals surface area contributed by atoms with Crippen molar-refractivity contribution in [3.8, 4) is 0 Å². The monoisotopic (exact) mass is 228 g/mol. The lowest BCUT2D eigenvalue weighted by atomic mass is 9.99. The van der Waals surface area contributed by atoms with Crippen molar-refractivity contribution in [2.45, 2.75) is 0 Å². The average molecular weight is 230 g/mol.